The predicted octanol–water partition coefficient (Wildman–Crippen LogP) is 14.3. The van der Waals surface area contributed by atoms with E-state index in [1.807, 2.05) is 6.07 Å². The molecule has 0 spiro atoms. The van der Waals surface area contributed by atoms with Crippen LogP contribution in [0.5, 0.6) is 0 Å². The Hall–Kier alpha value is -7.43. The number of allylic oxidation sites excluding steroid dienone is 3. The number of benzene rings is 8. The second-order valence-electron chi connectivity index (χ2n) is 16.8. The minimum atomic E-state index is -0.424. The topological polar surface area (TPSA) is 33.7 Å². The Kier molecular flexibility index (Phi) is 7.01. The van der Waals surface area contributed by atoms with Gasteiger partial charge in [0.1, 0.15) is 17.0 Å². The molecule has 10 aromatic rings. The lowest BCUT2D eigenvalue weighted by Gasteiger charge is -2.37. The number of hydrogen-bond acceptors (Lipinski definition) is 3. The maximum Gasteiger partial charge on any atom is 0.141 e. The standard InChI is InChI=1S/C56H39N3O/c1-56-34-39(58-47-23-10-7-20-45(47)53-40-17-5-2-13-35(40)26-30-48(53)58)28-32-52(56)59(49-31-27-36-14-3-6-18-41(36)54(49)56)55-42(21-12-16-37-15-4-9-22-46(37)57-55)38-25-29-44-43-19-8-11-24-50(43)60-51(44)33-38/h2-11,13-15,17-34,52H,12,16H2,1H3. The third-order valence-corrected chi connectivity index (χ3v) is 13.5. The van der Waals surface area contributed by atoms with Gasteiger partial charge in [-0.25, -0.2) is 4.99 Å². The van der Waals surface area contributed by atoms with E-state index in [1.54, 1.807) is 0 Å². The maximum atomic E-state index is 6.49. The zero-order chi connectivity index (χ0) is 39.5. The van der Waals surface area contributed by atoms with E-state index >= 15 is 0 Å². The largest absolute Gasteiger partial charge is 0.456 e. The Labute approximate surface area is 347 Å². The van der Waals surface area contributed by atoms with Crippen LogP contribution in [-0.4, -0.2) is 16.4 Å². The monoisotopic (exact) mass is 769 g/mol. The number of aliphatic imine (C=N–C) groups is 1. The van der Waals surface area contributed by atoms with Crippen molar-refractivity contribution in [1.29, 1.82) is 0 Å². The van der Waals surface area contributed by atoms with Crippen LogP contribution >= 0.6 is 0 Å². The molecule has 60 heavy (non-hydrogen) atoms. The molecule has 1 aliphatic carbocycles. The van der Waals surface area contributed by atoms with E-state index in [1.165, 1.54) is 65.9 Å². The predicted molar refractivity (Wildman–Crippen MR) is 251 cm³/mol. The number of nitrogens with zero attached hydrogens (tertiary/aromatic N) is 3. The number of furan rings is 1. The minimum absolute atomic E-state index is 0.0559. The zero-order valence-corrected chi connectivity index (χ0v) is 33.1. The molecule has 2 aliphatic heterocycles. The van der Waals surface area contributed by atoms with E-state index in [4.69, 9.17) is 9.41 Å². The summed E-state index contributed by atoms with van der Waals surface area (Å²) in [4.78, 5) is 8.27. The van der Waals surface area contributed by atoms with Crippen LogP contribution < -0.4 is 4.90 Å². The maximum absolute atomic E-state index is 6.49. The molecule has 0 saturated heterocycles. The molecular formula is C56H39N3O. The van der Waals surface area contributed by atoms with Gasteiger partial charge in [0.2, 0.25) is 0 Å². The number of fused-ring (bicyclic) bond motifs is 14. The molecule has 13 rings (SSSR count). The Morgan fingerprint density at radius 3 is 2.25 bits per heavy atom. The van der Waals surface area contributed by atoms with E-state index in [0.717, 1.165) is 57.4 Å². The Morgan fingerprint density at radius 2 is 1.35 bits per heavy atom. The number of aryl methyl sites for hydroxylation is 1. The molecule has 0 N–H and O–H groups in total. The lowest BCUT2D eigenvalue weighted by molar-refractivity contribution is 0.559. The van der Waals surface area contributed by atoms with Gasteiger partial charge in [0.25, 0.3) is 0 Å². The smallest absolute Gasteiger partial charge is 0.141 e. The first kappa shape index (κ1) is 33.5. The van der Waals surface area contributed by atoms with Crippen molar-refractivity contribution in [3.05, 3.63) is 205 Å². The van der Waals surface area contributed by atoms with Gasteiger partial charge in [-0.3, -0.25) is 0 Å². The Bertz CT molecular complexity index is 3590. The molecule has 4 heteroatoms. The Morgan fingerprint density at radius 1 is 0.633 bits per heavy atom. The lowest BCUT2D eigenvalue weighted by Crippen LogP contribution is -2.45. The minimum Gasteiger partial charge on any atom is -0.456 e. The van der Waals surface area contributed by atoms with Crippen molar-refractivity contribution in [2.75, 3.05) is 4.90 Å². The van der Waals surface area contributed by atoms with Crippen molar-refractivity contribution in [1.82, 2.24) is 4.57 Å². The highest BCUT2D eigenvalue weighted by Gasteiger charge is 2.50. The first-order valence-electron chi connectivity index (χ1n) is 21.0. The highest BCUT2D eigenvalue weighted by molar-refractivity contribution is 6.32. The zero-order valence-electron chi connectivity index (χ0n) is 33.1. The quantitative estimate of drug-likeness (QED) is 0.175. The summed E-state index contributed by atoms with van der Waals surface area (Å²) in [6, 6.07) is 59.4. The van der Waals surface area contributed by atoms with Crippen LogP contribution in [0.15, 0.2) is 198 Å². The van der Waals surface area contributed by atoms with Crippen LogP contribution in [0.1, 0.15) is 30.0 Å². The molecule has 0 radical (unpaired) electrons. The average Bonchev–Trinajstić information content (AvgIpc) is 3.92. The molecule has 0 saturated carbocycles. The fourth-order valence-electron chi connectivity index (χ4n) is 10.8. The lowest BCUT2D eigenvalue weighted by atomic mass is 9.73. The third-order valence-electron chi connectivity index (χ3n) is 13.5. The van der Waals surface area contributed by atoms with Gasteiger partial charge in [-0.15, -0.1) is 0 Å². The fraction of sp³-hybridized carbons (Fsp3) is 0.0893. The molecule has 2 unspecified atom stereocenters. The number of rotatable bonds is 2. The van der Waals surface area contributed by atoms with E-state index in [9.17, 15) is 0 Å². The normalized spacial score (nSPS) is 18.7. The van der Waals surface area contributed by atoms with E-state index in [-0.39, 0.29) is 6.04 Å². The van der Waals surface area contributed by atoms with Gasteiger partial charge in [-0.1, -0.05) is 133 Å². The summed E-state index contributed by atoms with van der Waals surface area (Å²) in [5.41, 5.74) is 12.0. The summed E-state index contributed by atoms with van der Waals surface area (Å²) in [6.07, 6.45) is 11.6. The first-order chi connectivity index (χ1) is 29.6. The third kappa shape index (κ3) is 4.70. The molecule has 0 fully saturated rings. The molecule has 284 valence electrons. The summed E-state index contributed by atoms with van der Waals surface area (Å²) >= 11 is 0. The van der Waals surface area contributed by atoms with Crippen molar-refractivity contribution in [2.24, 2.45) is 4.99 Å². The molecule has 0 amide bonds. The molecule has 4 nitrogen and oxygen atoms in total. The molecular weight excluding hydrogens is 731 g/mol. The summed E-state index contributed by atoms with van der Waals surface area (Å²) in [6.45, 7) is 2.44. The van der Waals surface area contributed by atoms with Crippen LogP contribution in [0.4, 0.5) is 11.4 Å². The highest BCUT2D eigenvalue weighted by Crippen LogP contribution is 2.54. The summed E-state index contributed by atoms with van der Waals surface area (Å²) < 4.78 is 8.98. The SMILES string of the molecule is CC12C=C(n3c4ccccc4c4c5ccccc5ccc43)C=CC1N(C1=Nc3ccccc3CCC=C1c1ccc3c(c1)oc1ccccc13)c1ccc3ccccc3c12. The number of amidine groups is 1. The number of para-hydroxylation sites is 3. The molecule has 8 aromatic carbocycles. The molecule has 3 aliphatic rings. The second-order valence-corrected chi connectivity index (χ2v) is 16.8. The van der Waals surface area contributed by atoms with Gasteiger partial charge < -0.3 is 13.9 Å². The highest BCUT2D eigenvalue weighted by atomic mass is 16.3. The fourth-order valence-corrected chi connectivity index (χ4v) is 10.8. The molecule has 2 aromatic heterocycles. The van der Waals surface area contributed by atoms with Gasteiger partial charge in [0.15, 0.2) is 0 Å². The Balaban J connectivity index is 1.06. The van der Waals surface area contributed by atoms with Crippen LogP contribution in [0.2, 0.25) is 0 Å². The summed E-state index contributed by atoms with van der Waals surface area (Å²) in [5.74, 6) is 0.952. The molecule has 0 bridgehead atoms. The van der Waals surface area contributed by atoms with Gasteiger partial charge in [-0.2, -0.15) is 0 Å². The summed E-state index contributed by atoms with van der Waals surface area (Å²) in [5, 5.41) is 9.86. The second kappa shape index (κ2) is 12.5. The summed E-state index contributed by atoms with van der Waals surface area (Å²) in [7, 11) is 0. The van der Waals surface area contributed by atoms with Crippen molar-refractivity contribution >= 4 is 93.8 Å². The van der Waals surface area contributed by atoms with Gasteiger partial charge in [-0.05, 0) is 113 Å². The number of anilines is 1. The molecule has 4 heterocycles. The van der Waals surface area contributed by atoms with E-state index < -0.39 is 5.41 Å². The average molecular weight is 770 g/mol. The number of hydrogen-bond donors (Lipinski definition) is 0. The van der Waals surface area contributed by atoms with Crippen molar-refractivity contribution in [2.45, 2.75) is 31.2 Å². The van der Waals surface area contributed by atoms with Crippen LogP contribution in [0.3, 0.4) is 0 Å². The van der Waals surface area contributed by atoms with Crippen molar-refractivity contribution in [3.8, 4) is 0 Å². The van der Waals surface area contributed by atoms with Gasteiger partial charge in [0, 0.05) is 43.9 Å². The van der Waals surface area contributed by atoms with Crippen LogP contribution in [0, 0.1) is 0 Å². The van der Waals surface area contributed by atoms with Crippen molar-refractivity contribution < 1.29 is 4.42 Å². The van der Waals surface area contributed by atoms with Crippen LogP contribution in [-0.2, 0) is 11.8 Å². The van der Waals surface area contributed by atoms with E-state index in [2.05, 4.69) is 198 Å². The van der Waals surface area contributed by atoms with Gasteiger partial charge >= 0.3 is 0 Å². The first-order valence-corrected chi connectivity index (χ1v) is 21.0. The van der Waals surface area contributed by atoms with Crippen molar-refractivity contribution in [3.63, 3.8) is 0 Å². The van der Waals surface area contributed by atoms with Gasteiger partial charge in [0.05, 0.1) is 22.8 Å². The van der Waals surface area contributed by atoms with Crippen LogP contribution in [0.25, 0.3) is 76.6 Å². The molecule has 2 atom stereocenters. The number of aromatic nitrogens is 1. The van der Waals surface area contributed by atoms with E-state index in [0.29, 0.717) is 0 Å².